The third kappa shape index (κ3) is 4.36. The molecule has 0 saturated heterocycles. The minimum atomic E-state index is -1.05. The second-order valence-electron chi connectivity index (χ2n) is 6.68. The van der Waals surface area contributed by atoms with Gasteiger partial charge in [-0.1, -0.05) is 30.3 Å². The number of fused-ring (bicyclic) bond motifs is 1. The molecule has 3 rings (SSSR count). The van der Waals surface area contributed by atoms with Crippen molar-refractivity contribution in [3.63, 3.8) is 0 Å². The number of rotatable bonds is 6. The van der Waals surface area contributed by atoms with Crippen LogP contribution < -0.4 is 14.8 Å². The Balaban J connectivity index is 1.70. The van der Waals surface area contributed by atoms with E-state index in [1.165, 1.54) is 0 Å². The van der Waals surface area contributed by atoms with E-state index in [-0.39, 0.29) is 12.5 Å². The van der Waals surface area contributed by atoms with Gasteiger partial charge >= 0.3 is 12.0 Å². The molecular formula is C21H24N2O5. The number of benzene rings is 2. The van der Waals surface area contributed by atoms with E-state index < -0.39 is 12.0 Å². The Kier molecular flexibility index (Phi) is 6.03. The first-order chi connectivity index (χ1) is 13.5. The number of carboxylic acids is 1. The SMILES string of the molecule is COc1cc2c(cc1OC)CN(C(=O)N[C@H](Cc1ccccc1)C(=O)O)CC2. The third-order valence-electron chi connectivity index (χ3n) is 4.88. The van der Waals surface area contributed by atoms with Gasteiger partial charge in [0, 0.05) is 19.5 Å². The van der Waals surface area contributed by atoms with Crippen molar-refractivity contribution >= 4 is 12.0 Å². The Hall–Kier alpha value is -3.22. The molecule has 1 aliphatic rings. The molecule has 7 heteroatoms. The van der Waals surface area contributed by atoms with Crippen LogP contribution in [-0.2, 0) is 24.2 Å². The highest BCUT2D eigenvalue weighted by Crippen LogP contribution is 2.33. The molecule has 0 aliphatic carbocycles. The first-order valence-electron chi connectivity index (χ1n) is 9.07. The Morgan fingerprint density at radius 1 is 1.11 bits per heavy atom. The normalized spacial score (nSPS) is 14.0. The molecule has 0 spiro atoms. The van der Waals surface area contributed by atoms with Gasteiger partial charge in [-0.25, -0.2) is 9.59 Å². The zero-order valence-electron chi connectivity index (χ0n) is 16.0. The fourth-order valence-corrected chi connectivity index (χ4v) is 3.35. The molecule has 28 heavy (non-hydrogen) atoms. The fourth-order valence-electron chi connectivity index (χ4n) is 3.35. The van der Waals surface area contributed by atoms with Crippen LogP contribution in [0.1, 0.15) is 16.7 Å². The van der Waals surface area contributed by atoms with Gasteiger partial charge in [0.25, 0.3) is 0 Å². The number of hydrogen-bond acceptors (Lipinski definition) is 4. The molecule has 7 nitrogen and oxygen atoms in total. The smallest absolute Gasteiger partial charge is 0.326 e. The van der Waals surface area contributed by atoms with Crippen molar-refractivity contribution in [3.05, 3.63) is 59.2 Å². The van der Waals surface area contributed by atoms with E-state index in [9.17, 15) is 14.7 Å². The lowest BCUT2D eigenvalue weighted by atomic mass is 9.99. The number of methoxy groups -OCH3 is 2. The van der Waals surface area contributed by atoms with Gasteiger partial charge in [0.2, 0.25) is 0 Å². The van der Waals surface area contributed by atoms with Gasteiger partial charge in [0.1, 0.15) is 6.04 Å². The van der Waals surface area contributed by atoms with Crippen LogP contribution in [-0.4, -0.2) is 48.8 Å². The van der Waals surface area contributed by atoms with Gasteiger partial charge in [0.05, 0.1) is 14.2 Å². The van der Waals surface area contributed by atoms with Crippen LogP contribution in [0.15, 0.2) is 42.5 Å². The van der Waals surface area contributed by atoms with Gasteiger partial charge in [-0.15, -0.1) is 0 Å². The maximum Gasteiger partial charge on any atom is 0.326 e. The summed E-state index contributed by atoms with van der Waals surface area (Å²) in [6.07, 6.45) is 0.900. The molecule has 1 atom stereocenters. The molecule has 2 amide bonds. The van der Waals surface area contributed by atoms with E-state index in [4.69, 9.17) is 9.47 Å². The minimum Gasteiger partial charge on any atom is -0.493 e. The highest BCUT2D eigenvalue weighted by molar-refractivity contribution is 5.83. The minimum absolute atomic E-state index is 0.233. The number of nitrogens with zero attached hydrogens (tertiary/aromatic N) is 1. The van der Waals surface area contributed by atoms with Crippen LogP contribution >= 0.6 is 0 Å². The van der Waals surface area contributed by atoms with Crippen LogP contribution in [0.5, 0.6) is 11.5 Å². The summed E-state index contributed by atoms with van der Waals surface area (Å²) in [4.78, 5) is 25.9. The lowest BCUT2D eigenvalue weighted by Gasteiger charge is -2.30. The predicted octanol–water partition coefficient (Wildman–Crippen LogP) is 2.47. The lowest BCUT2D eigenvalue weighted by Crippen LogP contribution is -2.50. The molecule has 1 aliphatic heterocycles. The lowest BCUT2D eigenvalue weighted by molar-refractivity contribution is -0.139. The number of hydrogen-bond donors (Lipinski definition) is 2. The molecule has 2 N–H and O–H groups in total. The Morgan fingerprint density at radius 3 is 2.36 bits per heavy atom. The number of nitrogens with one attached hydrogen (secondary N) is 1. The Bertz CT molecular complexity index is 853. The van der Waals surface area contributed by atoms with Gasteiger partial charge < -0.3 is 24.8 Å². The number of carbonyl (C=O) groups is 2. The molecule has 0 saturated carbocycles. The standard InChI is InChI=1S/C21H24N2O5/c1-27-18-11-15-8-9-23(13-16(15)12-19(18)28-2)21(26)22-17(20(24)25)10-14-6-4-3-5-7-14/h3-7,11-12,17H,8-10,13H2,1-2H3,(H,22,26)(H,24,25)/t17-/m1/s1. The largest absolute Gasteiger partial charge is 0.493 e. The van der Waals surface area contributed by atoms with Crippen LogP contribution in [0.25, 0.3) is 0 Å². The van der Waals surface area contributed by atoms with E-state index in [2.05, 4.69) is 5.32 Å². The third-order valence-corrected chi connectivity index (χ3v) is 4.88. The van der Waals surface area contributed by atoms with Gasteiger partial charge in [0.15, 0.2) is 11.5 Å². The van der Waals surface area contributed by atoms with E-state index in [1.54, 1.807) is 19.1 Å². The van der Waals surface area contributed by atoms with Crippen molar-refractivity contribution in [2.45, 2.75) is 25.4 Å². The molecule has 2 aromatic rings. The highest BCUT2D eigenvalue weighted by atomic mass is 16.5. The molecule has 0 unspecified atom stereocenters. The summed E-state index contributed by atoms with van der Waals surface area (Å²) >= 11 is 0. The van der Waals surface area contributed by atoms with E-state index >= 15 is 0 Å². The quantitative estimate of drug-likeness (QED) is 0.799. The van der Waals surface area contributed by atoms with Crippen molar-refractivity contribution in [1.29, 1.82) is 0 Å². The second-order valence-corrected chi connectivity index (χ2v) is 6.68. The van der Waals surface area contributed by atoms with Crippen molar-refractivity contribution < 1.29 is 24.2 Å². The van der Waals surface area contributed by atoms with Crippen LogP contribution in [0, 0.1) is 0 Å². The number of aliphatic carboxylic acids is 1. The van der Waals surface area contributed by atoms with Crippen molar-refractivity contribution in [2.24, 2.45) is 0 Å². The molecule has 0 bridgehead atoms. The second kappa shape index (κ2) is 8.65. The summed E-state index contributed by atoms with van der Waals surface area (Å²) < 4.78 is 10.7. The maximum atomic E-state index is 12.7. The van der Waals surface area contributed by atoms with Gasteiger partial charge in [-0.3, -0.25) is 0 Å². The average molecular weight is 384 g/mol. The predicted molar refractivity (Wildman–Crippen MR) is 104 cm³/mol. The number of amides is 2. The zero-order valence-corrected chi connectivity index (χ0v) is 16.0. The summed E-state index contributed by atoms with van der Waals surface area (Å²) in [5.41, 5.74) is 2.92. The first-order valence-corrected chi connectivity index (χ1v) is 9.07. The van der Waals surface area contributed by atoms with Gasteiger partial charge in [-0.2, -0.15) is 0 Å². The van der Waals surface area contributed by atoms with E-state index in [0.717, 1.165) is 16.7 Å². The van der Waals surface area contributed by atoms with Crippen LogP contribution in [0.3, 0.4) is 0 Å². The monoisotopic (exact) mass is 384 g/mol. The molecular weight excluding hydrogens is 360 g/mol. The number of urea groups is 1. The van der Waals surface area contributed by atoms with Crippen molar-refractivity contribution in [3.8, 4) is 11.5 Å². The maximum absolute atomic E-state index is 12.7. The molecule has 148 valence electrons. The average Bonchev–Trinajstić information content (AvgIpc) is 2.72. The number of carboxylic acid groups (broad SMARTS) is 1. The molecule has 0 radical (unpaired) electrons. The van der Waals surface area contributed by atoms with Crippen molar-refractivity contribution in [2.75, 3.05) is 20.8 Å². The summed E-state index contributed by atoms with van der Waals surface area (Å²) in [6.45, 7) is 0.894. The molecule has 0 aromatic heterocycles. The van der Waals surface area contributed by atoms with E-state index in [0.29, 0.717) is 31.0 Å². The van der Waals surface area contributed by atoms with Crippen LogP contribution in [0.2, 0.25) is 0 Å². The molecule has 1 heterocycles. The van der Waals surface area contributed by atoms with E-state index in [1.807, 2.05) is 42.5 Å². The number of carbonyl (C=O) groups excluding carboxylic acids is 1. The highest BCUT2D eigenvalue weighted by Gasteiger charge is 2.27. The Morgan fingerprint density at radius 2 is 1.75 bits per heavy atom. The fraction of sp³-hybridized carbons (Fsp3) is 0.333. The summed E-state index contributed by atoms with van der Waals surface area (Å²) in [6, 6.07) is 11.7. The topological polar surface area (TPSA) is 88.1 Å². The van der Waals surface area contributed by atoms with Gasteiger partial charge in [-0.05, 0) is 35.2 Å². The number of ether oxygens (including phenoxy) is 2. The Labute approximate surface area is 163 Å². The van der Waals surface area contributed by atoms with Crippen molar-refractivity contribution in [1.82, 2.24) is 10.2 Å². The zero-order chi connectivity index (χ0) is 20.1. The summed E-state index contributed by atoms with van der Waals surface area (Å²) in [5, 5.41) is 12.2. The first kappa shape index (κ1) is 19.5. The summed E-state index contributed by atoms with van der Waals surface area (Å²) in [5.74, 6) is 0.213. The van der Waals surface area contributed by atoms with Crippen LogP contribution in [0.4, 0.5) is 4.79 Å². The summed E-state index contributed by atoms with van der Waals surface area (Å²) in [7, 11) is 3.16. The molecule has 0 fully saturated rings. The molecule has 2 aromatic carbocycles.